The molecule has 0 aromatic heterocycles. The van der Waals surface area contributed by atoms with Crippen LogP contribution in [0.5, 0.6) is 0 Å². The molecule has 0 aromatic carbocycles. The van der Waals surface area contributed by atoms with Crippen LogP contribution in [0.3, 0.4) is 0 Å². The molecule has 122 valence electrons. The maximum absolute atomic E-state index is 12.8. The van der Waals surface area contributed by atoms with Gasteiger partial charge in [0.15, 0.2) is 5.78 Å². The molecule has 0 bridgehead atoms. The van der Waals surface area contributed by atoms with Crippen molar-refractivity contribution < 1.29 is 9.90 Å². The van der Waals surface area contributed by atoms with Crippen molar-refractivity contribution in [2.45, 2.75) is 87.0 Å². The Morgan fingerprint density at radius 1 is 1.05 bits per heavy atom. The molecule has 1 saturated carbocycles. The third kappa shape index (κ3) is 3.70. The topological polar surface area (TPSA) is 37.3 Å². The molecule has 21 heavy (non-hydrogen) atoms. The molecule has 2 heteroatoms. The lowest BCUT2D eigenvalue weighted by molar-refractivity contribution is -0.124. The highest BCUT2D eigenvalue weighted by Crippen LogP contribution is 2.49. The highest BCUT2D eigenvalue weighted by molar-refractivity contribution is 5.99. The lowest BCUT2D eigenvalue weighted by Gasteiger charge is -2.41. The van der Waals surface area contributed by atoms with Gasteiger partial charge in [-0.2, -0.15) is 0 Å². The molecule has 0 aromatic rings. The van der Waals surface area contributed by atoms with Crippen LogP contribution in [0.4, 0.5) is 0 Å². The average Bonchev–Trinajstić information content (AvgIpc) is 2.47. The Kier molecular flexibility index (Phi) is 5.34. The van der Waals surface area contributed by atoms with Crippen molar-refractivity contribution in [1.29, 1.82) is 0 Å². The molecule has 2 nitrogen and oxygen atoms in total. The molecule has 0 atom stereocenters. The van der Waals surface area contributed by atoms with Crippen LogP contribution in [0.25, 0.3) is 0 Å². The van der Waals surface area contributed by atoms with Crippen LogP contribution in [0.1, 0.15) is 87.0 Å². The van der Waals surface area contributed by atoms with Crippen LogP contribution < -0.4 is 0 Å². The second-order valence-electron chi connectivity index (χ2n) is 8.30. The number of carbonyl (C=O) groups excluding carboxylic acids is 1. The van der Waals surface area contributed by atoms with Gasteiger partial charge in [0.2, 0.25) is 0 Å². The fraction of sp³-hybridized carbons (Fsp3) is 0.842. The molecule has 1 N–H and O–H groups in total. The summed E-state index contributed by atoms with van der Waals surface area (Å²) in [4.78, 5) is 12.8. The van der Waals surface area contributed by atoms with Crippen molar-refractivity contribution in [3.63, 3.8) is 0 Å². The monoisotopic (exact) mass is 294 g/mol. The van der Waals surface area contributed by atoms with Crippen molar-refractivity contribution in [2.75, 3.05) is 0 Å². The summed E-state index contributed by atoms with van der Waals surface area (Å²) in [7, 11) is 0. The van der Waals surface area contributed by atoms with Gasteiger partial charge in [-0.3, -0.25) is 4.79 Å². The molecule has 0 aliphatic heterocycles. The minimum Gasteiger partial charge on any atom is -0.511 e. The number of hydrogen-bond donors (Lipinski definition) is 1. The summed E-state index contributed by atoms with van der Waals surface area (Å²) >= 11 is 0. The quantitative estimate of drug-likeness (QED) is 0.512. The molecule has 1 fully saturated rings. The molecule has 1 rings (SSSR count). The van der Waals surface area contributed by atoms with E-state index in [-0.39, 0.29) is 16.6 Å². The van der Waals surface area contributed by atoms with Crippen LogP contribution in [0.15, 0.2) is 11.3 Å². The normalized spacial score (nSPS) is 22.6. The summed E-state index contributed by atoms with van der Waals surface area (Å²) in [6.07, 6.45) is 5.77. The van der Waals surface area contributed by atoms with E-state index in [4.69, 9.17) is 0 Å². The number of aliphatic hydroxyl groups excluding tert-OH is 1. The number of rotatable bonds is 5. The first-order valence-corrected chi connectivity index (χ1v) is 8.46. The molecule has 1 aliphatic rings. The van der Waals surface area contributed by atoms with Gasteiger partial charge in [-0.1, -0.05) is 41.5 Å². The summed E-state index contributed by atoms with van der Waals surface area (Å²) in [6, 6.07) is 0. The fourth-order valence-electron chi connectivity index (χ4n) is 3.30. The Morgan fingerprint density at radius 3 is 1.86 bits per heavy atom. The van der Waals surface area contributed by atoms with Gasteiger partial charge in [0.05, 0.1) is 0 Å². The van der Waals surface area contributed by atoms with Crippen LogP contribution in [-0.4, -0.2) is 10.9 Å². The van der Waals surface area contributed by atoms with E-state index in [2.05, 4.69) is 34.6 Å². The van der Waals surface area contributed by atoms with E-state index in [0.717, 1.165) is 38.5 Å². The maximum Gasteiger partial charge on any atom is 0.167 e. The Balaban J connectivity index is 3.04. The smallest absolute Gasteiger partial charge is 0.167 e. The SMILES string of the molecule is CCC(C)(CC)C(=O)/C(C)=C(\O)C1(C)CCC(C)(C)CC1. The van der Waals surface area contributed by atoms with E-state index in [0.29, 0.717) is 16.7 Å². The summed E-state index contributed by atoms with van der Waals surface area (Å²) in [5.74, 6) is 0.465. The molecule has 0 spiro atoms. The average molecular weight is 294 g/mol. The highest BCUT2D eigenvalue weighted by atomic mass is 16.3. The van der Waals surface area contributed by atoms with E-state index in [1.165, 1.54) is 0 Å². The zero-order valence-corrected chi connectivity index (χ0v) is 15.1. The Morgan fingerprint density at radius 2 is 1.48 bits per heavy atom. The minimum atomic E-state index is -0.345. The van der Waals surface area contributed by atoms with Crippen molar-refractivity contribution >= 4 is 5.78 Å². The summed E-state index contributed by atoms with van der Waals surface area (Å²) in [6.45, 7) is 14.6. The molecule has 0 unspecified atom stereocenters. The number of carbonyl (C=O) groups is 1. The van der Waals surface area contributed by atoms with Gasteiger partial charge in [0.1, 0.15) is 5.76 Å². The van der Waals surface area contributed by atoms with Gasteiger partial charge < -0.3 is 5.11 Å². The van der Waals surface area contributed by atoms with Crippen LogP contribution in [-0.2, 0) is 4.79 Å². The third-order valence-corrected chi connectivity index (χ3v) is 6.08. The summed E-state index contributed by atoms with van der Waals surface area (Å²) in [5.41, 5.74) is 0.377. The second-order valence-corrected chi connectivity index (χ2v) is 8.30. The molecular formula is C19H34O2. The minimum absolute atomic E-state index is 0.121. The van der Waals surface area contributed by atoms with Crippen LogP contribution >= 0.6 is 0 Å². The van der Waals surface area contributed by atoms with Gasteiger partial charge in [-0.05, 0) is 50.9 Å². The first kappa shape index (κ1) is 18.3. The van der Waals surface area contributed by atoms with Gasteiger partial charge in [0.25, 0.3) is 0 Å². The van der Waals surface area contributed by atoms with Crippen LogP contribution in [0, 0.1) is 16.2 Å². The van der Waals surface area contributed by atoms with Gasteiger partial charge >= 0.3 is 0 Å². The number of ketones is 1. The number of aliphatic hydroxyl groups is 1. The second kappa shape index (κ2) is 6.14. The summed E-state index contributed by atoms with van der Waals surface area (Å²) < 4.78 is 0. The first-order chi connectivity index (χ1) is 9.51. The largest absolute Gasteiger partial charge is 0.511 e. The van der Waals surface area contributed by atoms with Gasteiger partial charge in [-0.25, -0.2) is 0 Å². The van der Waals surface area contributed by atoms with Crippen molar-refractivity contribution in [1.82, 2.24) is 0 Å². The number of hydrogen-bond acceptors (Lipinski definition) is 2. The standard InChI is InChI=1S/C19H34O2/c1-8-18(6,9-2)15(20)14(3)16(21)19(7)12-10-17(4,5)11-13-19/h21H,8-13H2,1-7H3/b16-14-. The molecular weight excluding hydrogens is 260 g/mol. The predicted molar refractivity (Wildman–Crippen MR) is 89.4 cm³/mol. The number of allylic oxidation sites excluding steroid dienone is 2. The lowest BCUT2D eigenvalue weighted by Crippen LogP contribution is -2.34. The van der Waals surface area contributed by atoms with E-state index < -0.39 is 0 Å². The molecule has 0 heterocycles. The van der Waals surface area contributed by atoms with E-state index in [9.17, 15) is 9.90 Å². The summed E-state index contributed by atoms with van der Waals surface area (Å²) in [5, 5.41) is 10.8. The molecule has 0 saturated heterocycles. The fourth-order valence-corrected chi connectivity index (χ4v) is 3.30. The predicted octanol–water partition coefficient (Wildman–Crippen LogP) is 5.82. The van der Waals surface area contributed by atoms with Crippen molar-refractivity contribution in [2.24, 2.45) is 16.2 Å². The third-order valence-electron chi connectivity index (χ3n) is 6.08. The molecule has 0 radical (unpaired) electrons. The molecule has 0 amide bonds. The molecule has 1 aliphatic carbocycles. The highest BCUT2D eigenvalue weighted by Gasteiger charge is 2.40. The Labute approximate surface area is 131 Å². The Hall–Kier alpha value is -0.790. The van der Waals surface area contributed by atoms with E-state index in [1.807, 2.05) is 13.8 Å². The first-order valence-electron chi connectivity index (χ1n) is 8.46. The number of Topliss-reactive ketones (excluding diaryl/α,β-unsaturated/α-hetero) is 1. The van der Waals surface area contributed by atoms with Crippen molar-refractivity contribution in [3.8, 4) is 0 Å². The zero-order chi connectivity index (χ0) is 16.5. The van der Waals surface area contributed by atoms with E-state index in [1.54, 1.807) is 0 Å². The van der Waals surface area contributed by atoms with Gasteiger partial charge in [-0.15, -0.1) is 0 Å². The Bertz CT molecular complexity index is 415. The van der Waals surface area contributed by atoms with Crippen LogP contribution in [0.2, 0.25) is 0 Å². The lowest BCUT2D eigenvalue weighted by atomic mass is 9.64. The zero-order valence-electron chi connectivity index (χ0n) is 15.1. The van der Waals surface area contributed by atoms with Crippen molar-refractivity contribution in [3.05, 3.63) is 11.3 Å². The van der Waals surface area contributed by atoms with Gasteiger partial charge in [0, 0.05) is 16.4 Å². The maximum atomic E-state index is 12.8. The van der Waals surface area contributed by atoms with E-state index >= 15 is 0 Å².